The van der Waals surface area contributed by atoms with E-state index in [2.05, 4.69) is 28.2 Å². The van der Waals surface area contributed by atoms with Gasteiger partial charge in [0.25, 0.3) is 7.48 Å². The Morgan fingerprint density at radius 3 is 2.28 bits per heavy atom. The fraction of sp³-hybridized carbons (Fsp3) is 0.541. The number of phenols is 1. The van der Waals surface area contributed by atoms with Crippen molar-refractivity contribution in [3.05, 3.63) is 53.6 Å². The predicted octanol–water partition coefficient (Wildman–Crippen LogP) is 2.95. The first-order chi connectivity index (χ1) is 24.1. The van der Waals surface area contributed by atoms with E-state index in [1.807, 2.05) is 0 Å². The van der Waals surface area contributed by atoms with Gasteiger partial charge >= 0.3 is 0 Å². The van der Waals surface area contributed by atoms with Crippen LogP contribution in [0.25, 0.3) is 11.1 Å². The normalized spacial score (nSPS) is 16.0. The van der Waals surface area contributed by atoms with Gasteiger partial charge in [0.2, 0.25) is 29.5 Å². The lowest BCUT2D eigenvalue weighted by Crippen LogP contribution is -2.52. The van der Waals surface area contributed by atoms with Gasteiger partial charge in [0.15, 0.2) is 0 Å². The third kappa shape index (κ3) is 13.1. The van der Waals surface area contributed by atoms with Crippen LogP contribution in [0.4, 0.5) is 0 Å². The average Bonchev–Trinajstić information content (AvgIpc) is 3.11. The van der Waals surface area contributed by atoms with E-state index in [0.29, 0.717) is 28.7 Å². The molecule has 0 spiro atoms. The van der Waals surface area contributed by atoms with Gasteiger partial charge in [-0.1, -0.05) is 101 Å². The van der Waals surface area contributed by atoms with Crippen molar-refractivity contribution in [2.75, 3.05) is 26.6 Å². The summed E-state index contributed by atoms with van der Waals surface area (Å²) >= 11 is 0. The monoisotopic (exact) mass is 691 g/mol. The SMILES string of the molecule is CCCCCCCCCCCCCC(=O)NCC(=O)N(C)C1C(=O)NCC(=O)NC(C(=O)NCBO)Cc2cccc(c2)-c2cc1ccc2O. The molecule has 6 N–H and O–H groups in total. The van der Waals surface area contributed by atoms with Crippen molar-refractivity contribution in [1.29, 1.82) is 0 Å². The average molecular weight is 692 g/mol. The minimum Gasteiger partial charge on any atom is -0.507 e. The van der Waals surface area contributed by atoms with Crippen LogP contribution in [0, 0.1) is 0 Å². The highest BCUT2D eigenvalue weighted by atomic mass is 16.3. The molecule has 2 atom stereocenters. The molecule has 0 aromatic heterocycles. The highest BCUT2D eigenvalue weighted by Gasteiger charge is 2.31. The number of phenolic OH excluding ortho intramolecular Hbond substituents is 1. The Kier molecular flexibility index (Phi) is 17.3. The number of unbranched alkanes of at least 4 members (excludes halogenated alkanes) is 10. The Balaban J connectivity index is 1.66. The van der Waals surface area contributed by atoms with Gasteiger partial charge in [-0.3, -0.25) is 24.0 Å². The summed E-state index contributed by atoms with van der Waals surface area (Å²) in [6.07, 6.45) is 13.3. The molecule has 0 fully saturated rings. The number of rotatable bonds is 18. The van der Waals surface area contributed by atoms with E-state index < -0.39 is 42.3 Å². The molecular weight excluding hydrogens is 637 g/mol. The summed E-state index contributed by atoms with van der Waals surface area (Å²) < 4.78 is 0. The van der Waals surface area contributed by atoms with Crippen LogP contribution in [-0.2, 0) is 30.4 Å². The molecule has 272 valence electrons. The zero-order chi connectivity index (χ0) is 36.3. The first kappa shape index (κ1) is 40.0. The number of nitrogens with zero attached hydrogens (tertiary/aromatic N) is 1. The number of benzene rings is 2. The van der Waals surface area contributed by atoms with E-state index in [1.165, 1.54) is 69.0 Å². The molecule has 1 heterocycles. The van der Waals surface area contributed by atoms with Gasteiger partial charge in [-0.15, -0.1) is 0 Å². The molecule has 4 bridgehead atoms. The summed E-state index contributed by atoms with van der Waals surface area (Å²) in [5.74, 6) is -2.59. The molecule has 1 aliphatic rings. The van der Waals surface area contributed by atoms with E-state index in [1.54, 1.807) is 30.3 Å². The van der Waals surface area contributed by atoms with Crippen molar-refractivity contribution < 1.29 is 34.1 Å². The Bertz CT molecular complexity index is 1440. The lowest BCUT2D eigenvalue weighted by atomic mass is 9.94. The van der Waals surface area contributed by atoms with Crippen LogP contribution in [0.15, 0.2) is 42.5 Å². The fourth-order valence-corrected chi connectivity index (χ4v) is 6.11. The molecule has 50 heavy (non-hydrogen) atoms. The maximum atomic E-state index is 13.6. The summed E-state index contributed by atoms with van der Waals surface area (Å²) in [5, 5.41) is 30.4. The highest BCUT2D eigenvalue weighted by Crippen LogP contribution is 2.34. The Labute approximate surface area is 296 Å². The molecule has 12 nitrogen and oxygen atoms in total. The number of fused-ring (bicyclic) bond motifs is 5. The second-order valence-corrected chi connectivity index (χ2v) is 13.0. The number of amides is 5. The van der Waals surface area contributed by atoms with Crippen molar-refractivity contribution in [2.24, 2.45) is 0 Å². The van der Waals surface area contributed by atoms with Crippen molar-refractivity contribution >= 4 is 37.0 Å². The van der Waals surface area contributed by atoms with E-state index in [0.717, 1.165) is 25.7 Å². The summed E-state index contributed by atoms with van der Waals surface area (Å²) in [4.78, 5) is 66.5. The van der Waals surface area contributed by atoms with Crippen molar-refractivity contribution in [3.63, 3.8) is 0 Å². The van der Waals surface area contributed by atoms with Crippen LogP contribution in [0.5, 0.6) is 5.75 Å². The van der Waals surface area contributed by atoms with E-state index in [-0.39, 0.29) is 38.5 Å². The fourth-order valence-electron chi connectivity index (χ4n) is 6.11. The maximum absolute atomic E-state index is 13.6. The van der Waals surface area contributed by atoms with Crippen LogP contribution in [-0.4, -0.2) is 84.7 Å². The number of carbonyl (C=O) groups is 5. The number of aromatic hydroxyl groups is 1. The van der Waals surface area contributed by atoms with Gasteiger partial charge in [-0.05, 0) is 35.2 Å². The van der Waals surface area contributed by atoms with Gasteiger partial charge in [0.05, 0.1) is 13.1 Å². The molecule has 13 heteroatoms. The highest BCUT2D eigenvalue weighted by molar-refractivity contribution is 6.26. The molecule has 0 saturated carbocycles. The quantitative estimate of drug-likeness (QED) is 0.103. The molecule has 0 aliphatic carbocycles. The largest absolute Gasteiger partial charge is 0.507 e. The maximum Gasteiger partial charge on any atom is 0.290 e. The topological polar surface area (TPSA) is 177 Å². The molecule has 0 radical (unpaired) electrons. The summed E-state index contributed by atoms with van der Waals surface area (Å²) in [7, 11) is 1.17. The molecule has 3 rings (SSSR count). The smallest absolute Gasteiger partial charge is 0.290 e. The molecular formula is C37H54BN5O7. The van der Waals surface area contributed by atoms with Crippen molar-refractivity contribution in [1.82, 2.24) is 26.2 Å². The summed E-state index contributed by atoms with van der Waals surface area (Å²) in [6.45, 7) is 1.44. The first-order valence-corrected chi connectivity index (χ1v) is 18.0. The number of hydrogen-bond acceptors (Lipinski definition) is 7. The molecule has 5 amide bonds. The second kappa shape index (κ2) is 21.6. The standard InChI is InChI=1S/C37H54BN5O7/c1-3-4-5-6-7-8-9-10-11-12-13-17-32(45)39-24-34(47)43(2)35-28-18-19-31(44)29(22-28)27-16-14-15-26(20-27)21-30(36(48)41-25-38-50)42-33(46)23-40-37(35)49/h14-16,18-20,22,30,35,38,44,50H,3-13,17,21,23-25H2,1-2H3,(H,39,45)(H,40,49)(H,41,48)(H,42,46). The number of likely N-dealkylation sites (N-methyl/N-ethyl adjacent to an activating group) is 1. The van der Waals surface area contributed by atoms with Crippen LogP contribution in [0.2, 0.25) is 0 Å². The second-order valence-electron chi connectivity index (χ2n) is 13.0. The zero-order valence-corrected chi connectivity index (χ0v) is 29.6. The third-order valence-electron chi connectivity index (χ3n) is 8.97. The van der Waals surface area contributed by atoms with Gasteiger partial charge < -0.3 is 36.3 Å². The van der Waals surface area contributed by atoms with Gasteiger partial charge in [-0.2, -0.15) is 0 Å². The Morgan fingerprint density at radius 2 is 1.60 bits per heavy atom. The zero-order valence-electron chi connectivity index (χ0n) is 29.6. The lowest BCUT2D eigenvalue weighted by molar-refractivity contribution is -0.140. The van der Waals surface area contributed by atoms with Gasteiger partial charge in [-0.25, -0.2) is 0 Å². The molecule has 2 aromatic rings. The number of carbonyl (C=O) groups excluding carboxylic acids is 5. The Hall–Kier alpha value is -4.39. The van der Waals surface area contributed by atoms with Crippen molar-refractivity contribution in [3.8, 4) is 16.9 Å². The minimum absolute atomic E-state index is 0.00446. The van der Waals surface area contributed by atoms with Crippen LogP contribution < -0.4 is 21.3 Å². The predicted molar refractivity (Wildman–Crippen MR) is 194 cm³/mol. The van der Waals surface area contributed by atoms with Crippen LogP contribution >= 0.6 is 0 Å². The number of hydrogen-bond donors (Lipinski definition) is 6. The van der Waals surface area contributed by atoms with E-state index >= 15 is 0 Å². The third-order valence-corrected chi connectivity index (χ3v) is 8.97. The van der Waals surface area contributed by atoms with Crippen molar-refractivity contribution in [2.45, 2.75) is 102 Å². The Morgan fingerprint density at radius 1 is 0.920 bits per heavy atom. The minimum atomic E-state index is -1.20. The van der Waals surface area contributed by atoms with E-state index in [9.17, 15) is 29.1 Å². The number of nitrogens with one attached hydrogen (secondary N) is 4. The summed E-state index contributed by atoms with van der Waals surface area (Å²) in [5.41, 5.74) is 2.10. The lowest BCUT2D eigenvalue weighted by Gasteiger charge is -2.29. The molecule has 2 unspecified atom stereocenters. The summed E-state index contributed by atoms with van der Waals surface area (Å²) in [6, 6.07) is 9.48. The van der Waals surface area contributed by atoms with E-state index in [4.69, 9.17) is 5.02 Å². The first-order valence-electron chi connectivity index (χ1n) is 18.0. The molecule has 1 aliphatic heterocycles. The van der Waals surface area contributed by atoms with Gasteiger partial charge in [0.1, 0.15) is 17.8 Å². The molecule has 2 aromatic carbocycles. The van der Waals surface area contributed by atoms with Crippen LogP contribution in [0.1, 0.15) is 101 Å². The molecule has 0 saturated heterocycles. The van der Waals surface area contributed by atoms with Gasteiger partial charge in [0, 0.05) is 31.9 Å². The van der Waals surface area contributed by atoms with Crippen LogP contribution in [0.3, 0.4) is 0 Å².